The summed E-state index contributed by atoms with van der Waals surface area (Å²) in [5.74, 6) is -1.82. The van der Waals surface area contributed by atoms with E-state index in [9.17, 15) is 18.8 Å². The zero-order valence-electron chi connectivity index (χ0n) is 17.8. The maximum atomic E-state index is 13.7. The van der Waals surface area contributed by atoms with Gasteiger partial charge in [0, 0.05) is 12.1 Å². The Balaban J connectivity index is 2.00. The Bertz CT molecular complexity index is 902. The lowest BCUT2D eigenvalue weighted by atomic mass is 10.1. The Labute approximate surface area is 180 Å². The molecular weight excluding hydrogens is 403 g/mol. The summed E-state index contributed by atoms with van der Waals surface area (Å²) in [7, 11) is 0. The molecule has 2 aromatic rings. The highest BCUT2D eigenvalue weighted by Crippen LogP contribution is 2.10. The third-order valence-electron chi connectivity index (χ3n) is 4.24. The van der Waals surface area contributed by atoms with Crippen LogP contribution in [0.5, 0.6) is 0 Å². The highest BCUT2D eigenvalue weighted by molar-refractivity contribution is 5.95. The van der Waals surface area contributed by atoms with Gasteiger partial charge in [-0.1, -0.05) is 37.3 Å². The summed E-state index contributed by atoms with van der Waals surface area (Å²) < 4.78 is 24.0. The molecule has 7 nitrogen and oxygen atoms in total. The molecule has 0 aliphatic heterocycles. The van der Waals surface area contributed by atoms with E-state index in [1.807, 2.05) is 25.1 Å². The number of ether oxygens (including phenoxy) is 2. The van der Waals surface area contributed by atoms with Gasteiger partial charge in [0.15, 0.2) is 0 Å². The van der Waals surface area contributed by atoms with Crippen LogP contribution in [0.25, 0.3) is 0 Å². The Morgan fingerprint density at radius 1 is 1.03 bits per heavy atom. The number of carbonyl (C=O) groups is 3. The number of nitrogens with one attached hydrogen (secondary N) is 2. The average molecular weight is 430 g/mol. The van der Waals surface area contributed by atoms with Gasteiger partial charge in [-0.05, 0) is 49.6 Å². The molecule has 0 heterocycles. The molecule has 2 N–H and O–H groups in total. The van der Waals surface area contributed by atoms with Gasteiger partial charge in [-0.15, -0.1) is 0 Å². The lowest BCUT2D eigenvalue weighted by molar-refractivity contribution is -0.149. The molecule has 0 saturated heterocycles. The quantitative estimate of drug-likeness (QED) is 0.595. The largest absolute Gasteiger partial charge is 0.461 e. The number of halogens is 1. The Morgan fingerprint density at radius 3 is 2.39 bits per heavy atom. The van der Waals surface area contributed by atoms with E-state index in [1.165, 1.54) is 6.07 Å². The van der Waals surface area contributed by atoms with Crippen molar-refractivity contribution in [1.82, 2.24) is 10.6 Å². The highest BCUT2D eigenvalue weighted by atomic mass is 19.1. The molecule has 0 aliphatic rings. The van der Waals surface area contributed by atoms with Crippen LogP contribution in [-0.4, -0.2) is 36.7 Å². The first kappa shape index (κ1) is 23.9. The van der Waals surface area contributed by atoms with Crippen molar-refractivity contribution in [2.75, 3.05) is 6.54 Å². The molecule has 2 aromatic carbocycles. The molecule has 0 bridgehead atoms. The van der Waals surface area contributed by atoms with E-state index in [-0.39, 0.29) is 18.7 Å². The second-order valence-corrected chi connectivity index (χ2v) is 7.16. The van der Waals surface area contributed by atoms with Crippen molar-refractivity contribution in [2.45, 2.75) is 45.9 Å². The lowest BCUT2D eigenvalue weighted by Gasteiger charge is -2.19. The lowest BCUT2D eigenvalue weighted by Crippen LogP contribution is -2.49. The van der Waals surface area contributed by atoms with Crippen LogP contribution in [0.2, 0.25) is 0 Å². The van der Waals surface area contributed by atoms with Crippen molar-refractivity contribution in [3.63, 3.8) is 0 Å². The molecule has 1 atom stereocenters. The second-order valence-electron chi connectivity index (χ2n) is 7.16. The van der Waals surface area contributed by atoms with Crippen LogP contribution in [0.3, 0.4) is 0 Å². The molecule has 2 amide bonds. The summed E-state index contributed by atoms with van der Waals surface area (Å²) in [5.41, 5.74) is 1.58. The predicted molar refractivity (Wildman–Crippen MR) is 113 cm³/mol. The van der Waals surface area contributed by atoms with Crippen LogP contribution in [0.1, 0.15) is 42.3 Å². The van der Waals surface area contributed by atoms with E-state index in [1.54, 1.807) is 32.0 Å². The van der Waals surface area contributed by atoms with E-state index >= 15 is 0 Å². The standard InChI is InChI=1S/C23H27FN2O5/c1-4-16-10-18(12-19(24)11-16)21(27)25-13-20(22(28)31-15(2)3)26-23(29)30-14-17-8-6-5-7-9-17/h5-12,15,20H,4,13-14H2,1-3H3,(H,25,27)(H,26,29)/t20-/m1/s1. The second kappa shape index (κ2) is 11.7. The number of aryl methyl sites for hydroxylation is 1. The van der Waals surface area contributed by atoms with E-state index in [0.29, 0.717) is 12.0 Å². The molecule has 0 spiro atoms. The summed E-state index contributed by atoms with van der Waals surface area (Å²) in [5, 5.41) is 4.94. The molecule has 0 unspecified atom stereocenters. The summed E-state index contributed by atoms with van der Waals surface area (Å²) in [6.07, 6.45) is -0.679. The molecule has 8 heteroatoms. The Kier molecular flexibility index (Phi) is 8.99. The normalized spacial score (nSPS) is 11.5. The van der Waals surface area contributed by atoms with E-state index in [2.05, 4.69) is 10.6 Å². The SMILES string of the molecule is CCc1cc(F)cc(C(=O)NC[C@@H](NC(=O)OCc2ccccc2)C(=O)OC(C)C)c1. The third-order valence-corrected chi connectivity index (χ3v) is 4.24. The third kappa shape index (κ3) is 8.08. The fraction of sp³-hybridized carbons (Fsp3) is 0.348. The average Bonchev–Trinajstić information content (AvgIpc) is 2.74. The highest BCUT2D eigenvalue weighted by Gasteiger charge is 2.25. The van der Waals surface area contributed by atoms with Crippen molar-refractivity contribution in [3.8, 4) is 0 Å². The zero-order valence-corrected chi connectivity index (χ0v) is 17.8. The van der Waals surface area contributed by atoms with Gasteiger partial charge in [-0.25, -0.2) is 14.0 Å². The minimum Gasteiger partial charge on any atom is -0.461 e. The van der Waals surface area contributed by atoms with Gasteiger partial charge in [0.2, 0.25) is 0 Å². The van der Waals surface area contributed by atoms with E-state index in [0.717, 1.165) is 11.6 Å². The van der Waals surface area contributed by atoms with Crippen LogP contribution >= 0.6 is 0 Å². The molecular formula is C23H27FN2O5. The Hall–Kier alpha value is -3.42. The van der Waals surface area contributed by atoms with Crippen LogP contribution in [0, 0.1) is 5.82 Å². The first-order valence-corrected chi connectivity index (χ1v) is 10.0. The smallest absolute Gasteiger partial charge is 0.408 e. The number of carbonyl (C=O) groups excluding carboxylic acids is 3. The van der Waals surface area contributed by atoms with Crippen molar-refractivity contribution in [2.24, 2.45) is 0 Å². The molecule has 0 aliphatic carbocycles. The minimum absolute atomic E-state index is 0.0219. The number of hydrogen-bond acceptors (Lipinski definition) is 5. The monoisotopic (exact) mass is 430 g/mol. The first-order valence-electron chi connectivity index (χ1n) is 10.0. The van der Waals surface area contributed by atoms with Crippen molar-refractivity contribution >= 4 is 18.0 Å². The number of benzene rings is 2. The van der Waals surface area contributed by atoms with E-state index in [4.69, 9.17) is 9.47 Å². The minimum atomic E-state index is -1.17. The molecule has 0 saturated carbocycles. The summed E-state index contributed by atoms with van der Waals surface area (Å²) in [6.45, 7) is 4.96. The number of alkyl carbamates (subject to hydrolysis) is 1. The fourth-order valence-corrected chi connectivity index (χ4v) is 2.70. The molecule has 166 valence electrons. The van der Waals surface area contributed by atoms with Crippen molar-refractivity contribution in [3.05, 3.63) is 71.0 Å². The molecule has 2 rings (SSSR count). The molecule has 0 fully saturated rings. The fourth-order valence-electron chi connectivity index (χ4n) is 2.70. The van der Waals surface area contributed by atoms with Gasteiger partial charge < -0.3 is 20.1 Å². The van der Waals surface area contributed by atoms with Gasteiger partial charge in [0.1, 0.15) is 18.5 Å². The van der Waals surface area contributed by atoms with Crippen LogP contribution in [-0.2, 0) is 27.3 Å². The summed E-state index contributed by atoms with van der Waals surface area (Å²) >= 11 is 0. The van der Waals surface area contributed by atoms with Gasteiger partial charge in [0.05, 0.1) is 6.10 Å². The van der Waals surface area contributed by atoms with E-state index < -0.39 is 35.9 Å². The van der Waals surface area contributed by atoms with Crippen LogP contribution in [0.4, 0.5) is 9.18 Å². The number of esters is 1. The van der Waals surface area contributed by atoms with Gasteiger partial charge in [-0.3, -0.25) is 4.79 Å². The van der Waals surface area contributed by atoms with Gasteiger partial charge in [-0.2, -0.15) is 0 Å². The predicted octanol–water partition coefficient (Wildman–Crippen LogP) is 3.36. The number of rotatable bonds is 9. The van der Waals surface area contributed by atoms with Crippen LogP contribution < -0.4 is 10.6 Å². The van der Waals surface area contributed by atoms with Crippen molar-refractivity contribution in [1.29, 1.82) is 0 Å². The zero-order chi connectivity index (χ0) is 22.8. The molecule has 0 radical (unpaired) electrons. The molecule has 0 aromatic heterocycles. The maximum absolute atomic E-state index is 13.7. The Morgan fingerprint density at radius 2 is 1.74 bits per heavy atom. The van der Waals surface area contributed by atoms with Crippen LogP contribution in [0.15, 0.2) is 48.5 Å². The summed E-state index contributed by atoms with van der Waals surface area (Å²) in [4.78, 5) is 37.0. The molecule has 31 heavy (non-hydrogen) atoms. The number of hydrogen-bond donors (Lipinski definition) is 2. The van der Waals surface area contributed by atoms with Gasteiger partial charge in [0.25, 0.3) is 5.91 Å². The first-order chi connectivity index (χ1) is 14.8. The van der Waals surface area contributed by atoms with Gasteiger partial charge >= 0.3 is 12.1 Å². The maximum Gasteiger partial charge on any atom is 0.408 e. The van der Waals surface area contributed by atoms with Crippen molar-refractivity contribution < 1.29 is 28.2 Å². The topological polar surface area (TPSA) is 93.7 Å². The summed E-state index contributed by atoms with van der Waals surface area (Å²) in [6, 6.07) is 11.9. The number of amides is 2.